The molecule has 1 aromatic carbocycles. The predicted octanol–water partition coefficient (Wildman–Crippen LogP) is 3.68. The van der Waals surface area contributed by atoms with Gasteiger partial charge in [0.15, 0.2) is 0 Å². The highest BCUT2D eigenvalue weighted by atomic mass is 35.5. The third-order valence-corrected chi connectivity index (χ3v) is 3.44. The summed E-state index contributed by atoms with van der Waals surface area (Å²) in [6.45, 7) is 8.61. The smallest absolute Gasteiger partial charge is 0.0699 e. The summed E-state index contributed by atoms with van der Waals surface area (Å²) in [6, 6.07) is 7.97. The molecule has 1 aromatic rings. The van der Waals surface area contributed by atoms with Crippen molar-refractivity contribution in [3.63, 3.8) is 0 Å². The van der Waals surface area contributed by atoms with Crippen LogP contribution in [-0.4, -0.2) is 23.7 Å². The number of nitrogens with zero attached hydrogens (tertiary/aromatic N) is 1. The van der Waals surface area contributed by atoms with Crippen molar-refractivity contribution in [2.75, 3.05) is 13.1 Å². The molecule has 1 atom stereocenters. The monoisotopic (exact) mass is 268 g/mol. The maximum absolute atomic E-state index is 6.50. The fourth-order valence-corrected chi connectivity index (χ4v) is 2.42. The van der Waals surface area contributed by atoms with Gasteiger partial charge in [0.2, 0.25) is 0 Å². The minimum atomic E-state index is -0.292. The van der Waals surface area contributed by atoms with Crippen LogP contribution in [0, 0.1) is 0 Å². The van der Waals surface area contributed by atoms with Crippen LogP contribution in [0.25, 0.3) is 0 Å². The minimum Gasteiger partial charge on any atom is -0.313 e. The lowest BCUT2D eigenvalue weighted by atomic mass is 10.00. The maximum Gasteiger partial charge on any atom is 0.0699 e. The molecule has 1 unspecified atom stereocenters. The first-order valence-corrected chi connectivity index (χ1v) is 7.15. The number of hydrogen-bond acceptors (Lipinski definition) is 2. The van der Waals surface area contributed by atoms with Crippen molar-refractivity contribution >= 4 is 11.6 Å². The van der Waals surface area contributed by atoms with Gasteiger partial charge >= 0.3 is 0 Å². The summed E-state index contributed by atoms with van der Waals surface area (Å²) in [5, 5.41) is 0.774. The fraction of sp³-hybridized carbons (Fsp3) is 0.600. The van der Waals surface area contributed by atoms with Crippen molar-refractivity contribution in [3.05, 3.63) is 34.9 Å². The van der Waals surface area contributed by atoms with E-state index in [1.807, 2.05) is 12.1 Å². The summed E-state index contributed by atoms with van der Waals surface area (Å²) < 4.78 is 0. The van der Waals surface area contributed by atoms with Gasteiger partial charge in [0.1, 0.15) is 0 Å². The molecule has 0 saturated heterocycles. The summed E-state index contributed by atoms with van der Waals surface area (Å²) in [5.41, 5.74) is 7.44. The van der Waals surface area contributed by atoms with Crippen LogP contribution in [0.3, 0.4) is 0 Å². The van der Waals surface area contributed by atoms with Gasteiger partial charge < -0.3 is 5.73 Å². The first kappa shape index (κ1) is 15.5. The molecule has 0 spiro atoms. The Hall–Kier alpha value is -0.570. The van der Waals surface area contributed by atoms with Crippen LogP contribution in [0.1, 0.15) is 39.2 Å². The van der Waals surface area contributed by atoms with Crippen LogP contribution >= 0.6 is 11.6 Å². The topological polar surface area (TPSA) is 29.3 Å². The SMILES string of the molecule is CCCN(CCC)C(C)(N)Cc1ccc(Cl)cc1. The lowest BCUT2D eigenvalue weighted by Gasteiger charge is -2.38. The van der Waals surface area contributed by atoms with E-state index in [1.165, 1.54) is 5.56 Å². The molecule has 2 N–H and O–H groups in total. The third-order valence-electron chi connectivity index (χ3n) is 3.18. The molecule has 0 aliphatic rings. The van der Waals surface area contributed by atoms with Gasteiger partial charge in [-0.1, -0.05) is 37.6 Å². The van der Waals surface area contributed by atoms with Gasteiger partial charge in [0.25, 0.3) is 0 Å². The standard InChI is InChI=1S/C15H25ClN2/c1-4-10-18(11-5-2)15(3,17)12-13-6-8-14(16)9-7-13/h6-9H,4-5,10-12,17H2,1-3H3. The number of rotatable bonds is 7. The van der Waals surface area contributed by atoms with E-state index in [4.69, 9.17) is 17.3 Å². The first-order chi connectivity index (χ1) is 8.49. The zero-order chi connectivity index (χ0) is 13.6. The number of nitrogens with two attached hydrogens (primary N) is 1. The second kappa shape index (κ2) is 7.13. The molecule has 0 aliphatic heterocycles. The Bertz CT molecular complexity index is 340. The highest BCUT2D eigenvalue weighted by Crippen LogP contribution is 2.18. The predicted molar refractivity (Wildman–Crippen MR) is 79.9 cm³/mol. The number of hydrogen-bond donors (Lipinski definition) is 1. The summed E-state index contributed by atoms with van der Waals surface area (Å²) in [6.07, 6.45) is 3.12. The molecule has 3 heteroatoms. The van der Waals surface area contributed by atoms with E-state index < -0.39 is 0 Å². The summed E-state index contributed by atoms with van der Waals surface area (Å²) in [5.74, 6) is 0. The molecule has 0 saturated carbocycles. The molecule has 18 heavy (non-hydrogen) atoms. The largest absolute Gasteiger partial charge is 0.313 e. The minimum absolute atomic E-state index is 0.292. The van der Waals surface area contributed by atoms with E-state index in [-0.39, 0.29) is 5.66 Å². The van der Waals surface area contributed by atoms with E-state index in [0.29, 0.717) is 0 Å². The van der Waals surface area contributed by atoms with Crippen molar-refractivity contribution < 1.29 is 0 Å². The van der Waals surface area contributed by atoms with Crippen LogP contribution < -0.4 is 5.73 Å². The average Bonchev–Trinajstić information content (AvgIpc) is 2.32. The zero-order valence-electron chi connectivity index (χ0n) is 11.7. The Balaban J connectivity index is 2.74. The van der Waals surface area contributed by atoms with Gasteiger partial charge in [-0.05, 0) is 50.6 Å². The lowest BCUT2D eigenvalue weighted by molar-refractivity contribution is 0.108. The Labute approximate surface area is 116 Å². The maximum atomic E-state index is 6.50. The van der Waals surface area contributed by atoms with Crippen LogP contribution in [0.2, 0.25) is 5.02 Å². The van der Waals surface area contributed by atoms with E-state index in [0.717, 1.165) is 37.4 Å². The molecule has 0 aliphatic carbocycles. The van der Waals surface area contributed by atoms with Gasteiger partial charge in [-0.25, -0.2) is 0 Å². The van der Waals surface area contributed by atoms with Gasteiger partial charge in [-0.15, -0.1) is 0 Å². The summed E-state index contributed by atoms with van der Waals surface area (Å²) >= 11 is 5.90. The molecule has 0 bridgehead atoms. The van der Waals surface area contributed by atoms with Crippen molar-refractivity contribution in [1.29, 1.82) is 0 Å². The Morgan fingerprint density at radius 1 is 1.11 bits per heavy atom. The van der Waals surface area contributed by atoms with Gasteiger partial charge in [0, 0.05) is 11.4 Å². The van der Waals surface area contributed by atoms with E-state index in [1.54, 1.807) is 0 Å². The van der Waals surface area contributed by atoms with Crippen molar-refractivity contribution in [1.82, 2.24) is 4.90 Å². The zero-order valence-corrected chi connectivity index (χ0v) is 12.5. The van der Waals surface area contributed by atoms with E-state index >= 15 is 0 Å². The van der Waals surface area contributed by atoms with Crippen molar-refractivity contribution in [2.24, 2.45) is 5.73 Å². The van der Waals surface area contributed by atoms with Crippen LogP contribution in [-0.2, 0) is 6.42 Å². The quantitative estimate of drug-likeness (QED) is 0.765. The molecule has 2 nitrogen and oxygen atoms in total. The van der Waals surface area contributed by atoms with Crippen LogP contribution in [0.5, 0.6) is 0 Å². The summed E-state index contributed by atoms with van der Waals surface area (Å²) in [4.78, 5) is 2.38. The highest BCUT2D eigenvalue weighted by molar-refractivity contribution is 6.30. The summed E-state index contributed by atoms with van der Waals surface area (Å²) in [7, 11) is 0. The molecule has 0 heterocycles. The molecule has 0 radical (unpaired) electrons. The van der Waals surface area contributed by atoms with Crippen LogP contribution in [0.15, 0.2) is 24.3 Å². The van der Waals surface area contributed by atoms with E-state index in [2.05, 4.69) is 37.8 Å². The number of halogens is 1. The van der Waals surface area contributed by atoms with E-state index in [9.17, 15) is 0 Å². The number of benzene rings is 1. The van der Waals surface area contributed by atoms with Crippen molar-refractivity contribution in [2.45, 2.75) is 45.7 Å². The normalized spacial score (nSPS) is 14.8. The van der Waals surface area contributed by atoms with Gasteiger partial charge in [-0.3, -0.25) is 4.90 Å². The van der Waals surface area contributed by atoms with Gasteiger partial charge in [0.05, 0.1) is 5.66 Å². The Kier molecular flexibility index (Phi) is 6.13. The molecule has 102 valence electrons. The Morgan fingerprint density at radius 3 is 2.06 bits per heavy atom. The molecule has 1 rings (SSSR count). The molecule has 0 fully saturated rings. The fourth-order valence-electron chi connectivity index (χ4n) is 2.29. The second-order valence-corrected chi connectivity index (χ2v) is 5.58. The Morgan fingerprint density at radius 2 is 1.61 bits per heavy atom. The lowest BCUT2D eigenvalue weighted by Crippen LogP contribution is -2.55. The third kappa shape index (κ3) is 4.60. The molecular formula is C15H25ClN2. The molecule has 0 amide bonds. The second-order valence-electron chi connectivity index (χ2n) is 5.15. The first-order valence-electron chi connectivity index (χ1n) is 6.78. The van der Waals surface area contributed by atoms with Gasteiger partial charge in [-0.2, -0.15) is 0 Å². The van der Waals surface area contributed by atoms with Crippen molar-refractivity contribution in [3.8, 4) is 0 Å². The average molecular weight is 269 g/mol. The van der Waals surface area contributed by atoms with Crippen LogP contribution in [0.4, 0.5) is 0 Å². The molecule has 0 aromatic heterocycles. The highest BCUT2D eigenvalue weighted by Gasteiger charge is 2.26. The molecular weight excluding hydrogens is 244 g/mol.